The molecule has 0 aromatic heterocycles. The van der Waals surface area contributed by atoms with Crippen LogP contribution in [0.5, 0.6) is 11.5 Å². The summed E-state index contributed by atoms with van der Waals surface area (Å²) in [5.41, 5.74) is 1.89. The van der Waals surface area contributed by atoms with Crippen molar-refractivity contribution in [1.29, 1.82) is 0 Å². The Bertz CT molecular complexity index is 1180. The fourth-order valence-corrected chi connectivity index (χ4v) is 4.45. The van der Waals surface area contributed by atoms with E-state index in [0.717, 1.165) is 11.1 Å². The van der Waals surface area contributed by atoms with Crippen LogP contribution in [0.1, 0.15) is 27.4 Å². The van der Waals surface area contributed by atoms with Gasteiger partial charge in [0.2, 0.25) is 12.7 Å². The number of nitrogens with one attached hydrogen (secondary N) is 1. The molecule has 2 atom stereocenters. The molecule has 5 rings (SSSR count). The van der Waals surface area contributed by atoms with Gasteiger partial charge in [0, 0.05) is 25.6 Å². The molecule has 3 aromatic carbocycles. The molecule has 1 saturated heterocycles. The third-order valence-corrected chi connectivity index (χ3v) is 6.18. The highest BCUT2D eigenvalue weighted by Crippen LogP contribution is 2.35. The van der Waals surface area contributed by atoms with Crippen LogP contribution in [0.15, 0.2) is 72.8 Å². The number of carbonyl (C=O) groups excluding carboxylic acids is 2. The van der Waals surface area contributed by atoms with E-state index in [1.54, 1.807) is 17.0 Å². The topological polar surface area (TPSA) is 67.9 Å². The van der Waals surface area contributed by atoms with Crippen LogP contribution < -0.4 is 14.8 Å². The maximum absolute atomic E-state index is 14.2. The van der Waals surface area contributed by atoms with E-state index in [2.05, 4.69) is 5.32 Å². The predicted molar refractivity (Wildman–Crippen MR) is 119 cm³/mol. The van der Waals surface area contributed by atoms with Crippen LogP contribution >= 0.6 is 0 Å². The minimum atomic E-state index is -0.561. The first-order chi connectivity index (χ1) is 16.1. The van der Waals surface area contributed by atoms with Crippen molar-refractivity contribution in [2.24, 2.45) is 5.92 Å². The molecule has 0 bridgehead atoms. The van der Waals surface area contributed by atoms with Crippen molar-refractivity contribution in [3.63, 3.8) is 0 Å². The van der Waals surface area contributed by atoms with Gasteiger partial charge in [0.15, 0.2) is 11.5 Å². The summed E-state index contributed by atoms with van der Waals surface area (Å²) in [6, 6.07) is 21.1. The molecule has 0 aliphatic carbocycles. The molecule has 6 nitrogen and oxygen atoms in total. The number of ether oxygens (including phenoxy) is 2. The van der Waals surface area contributed by atoms with Crippen molar-refractivity contribution in [3.05, 3.63) is 95.3 Å². The summed E-state index contributed by atoms with van der Waals surface area (Å²) in [5, 5.41) is 3.00. The molecule has 168 valence electrons. The second-order valence-electron chi connectivity index (χ2n) is 8.22. The maximum Gasteiger partial charge on any atom is 0.256 e. The van der Waals surface area contributed by atoms with Gasteiger partial charge < -0.3 is 19.7 Å². The van der Waals surface area contributed by atoms with E-state index in [9.17, 15) is 14.0 Å². The van der Waals surface area contributed by atoms with Gasteiger partial charge in [-0.05, 0) is 35.4 Å². The van der Waals surface area contributed by atoms with Crippen molar-refractivity contribution in [3.8, 4) is 11.5 Å². The van der Waals surface area contributed by atoms with Crippen LogP contribution in [-0.4, -0.2) is 36.6 Å². The molecule has 2 aliphatic heterocycles. The summed E-state index contributed by atoms with van der Waals surface area (Å²) in [4.78, 5) is 27.8. The van der Waals surface area contributed by atoms with Crippen molar-refractivity contribution in [2.75, 3.05) is 19.9 Å². The van der Waals surface area contributed by atoms with Gasteiger partial charge in [-0.25, -0.2) is 4.39 Å². The Kier molecular flexibility index (Phi) is 5.69. The van der Waals surface area contributed by atoms with Crippen LogP contribution in [0.4, 0.5) is 4.39 Å². The second kappa shape index (κ2) is 8.94. The van der Waals surface area contributed by atoms with E-state index >= 15 is 0 Å². The Morgan fingerprint density at radius 3 is 2.52 bits per heavy atom. The number of halogens is 1. The fourth-order valence-electron chi connectivity index (χ4n) is 4.45. The summed E-state index contributed by atoms with van der Waals surface area (Å²) in [6.45, 7) is 1.09. The molecule has 1 N–H and O–H groups in total. The van der Waals surface area contributed by atoms with Crippen molar-refractivity contribution >= 4 is 11.8 Å². The minimum Gasteiger partial charge on any atom is -0.454 e. The van der Waals surface area contributed by atoms with E-state index in [-0.39, 0.29) is 30.7 Å². The largest absolute Gasteiger partial charge is 0.454 e. The van der Waals surface area contributed by atoms with Gasteiger partial charge in [-0.15, -0.1) is 0 Å². The summed E-state index contributed by atoms with van der Waals surface area (Å²) in [6.07, 6.45) is 0. The second-order valence-corrected chi connectivity index (χ2v) is 8.22. The fraction of sp³-hybridized carbons (Fsp3) is 0.231. The zero-order valence-electron chi connectivity index (χ0n) is 17.9. The number of carbonyl (C=O) groups is 2. The van der Waals surface area contributed by atoms with E-state index in [4.69, 9.17) is 9.47 Å². The maximum atomic E-state index is 14.2. The lowest BCUT2D eigenvalue weighted by Crippen LogP contribution is -2.35. The molecule has 0 spiro atoms. The van der Waals surface area contributed by atoms with Gasteiger partial charge in [0.05, 0.1) is 11.5 Å². The van der Waals surface area contributed by atoms with E-state index < -0.39 is 17.6 Å². The zero-order valence-corrected chi connectivity index (χ0v) is 17.9. The predicted octanol–water partition coefficient (Wildman–Crippen LogP) is 3.73. The van der Waals surface area contributed by atoms with Crippen LogP contribution in [0, 0.1) is 11.7 Å². The van der Waals surface area contributed by atoms with Gasteiger partial charge in [0.25, 0.3) is 5.91 Å². The number of nitrogens with zero attached hydrogens (tertiary/aromatic N) is 1. The Morgan fingerprint density at radius 1 is 0.939 bits per heavy atom. The lowest BCUT2D eigenvalue weighted by atomic mass is 9.88. The summed E-state index contributed by atoms with van der Waals surface area (Å²) >= 11 is 0. The van der Waals surface area contributed by atoms with E-state index in [1.807, 2.05) is 48.5 Å². The molecule has 2 heterocycles. The molecule has 33 heavy (non-hydrogen) atoms. The van der Waals surface area contributed by atoms with Crippen LogP contribution in [0.25, 0.3) is 0 Å². The summed E-state index contributed by atoms with van der Waals surface area (Å²) in [5.74, 6) is -0.394. The summed E-state index contributed by atoms with van der Waals surface area (Å²) in [7, 11) is 0. The zero-order chi connectivity index (χ0) is 22.8. The normalized spacial score (nSPS) is 18.9. The third-order valence-electron chi connectivity index (χ3n) is 6.18. The number of hydrogen-bond acceptors (Lipinski definition) is 4. The number of rotatable bonds is 5. The van der Waals surface area contributed by atoms with Crippen molar-refractivity contribution in [1.82, 2.24) is 10.2 Å². The Morgan fingerprint density at radius 2 is 1.70 bits per heavy atom. The number of likely N-dealkylation sites (tertiary alicyclic amines) is 1. The van der Waals surface area contributed by atoms with Gasteiger partial charge in [0.1, 0.15) is 5.82 Å². The number of benzene rings is 3. The molecule has 1 fully saturated rings. The Hall–Kier alpha value is -3.87. The van der Waals surface area contributed by atoms with Gasteiger partial charge in [-0.2, -0.15) is 0 Å². The number of amides is 2. The molecule has 0 radical (unpaired) electrons. The van der Waals surface area contributed by atoms with Gasteiger partial charge >= 0.3 is 0 Å². The standard InChI is InChI=1S/C26H23FN2O4/c27-22-9-5-4-8-19(22)26(31)29-14-20(18-6-2-1-3-7-18)21(15-29)25(30)28-13-17-10-11-23-24(12-17)33-16-32-23/h1-12,20-21H,13-16H2,(H,28,30). The van der Waals surface area contributed by atoms with Gasteiger partial charge in [-0.1, -0.05) is 48.5 Å². The first-order valence-electron chi connectivity index (χ1n) is 10.8. The first kappa shape index (κ1) is 21.0. The van der Waals surface area contributed by atoms with Crippen molar-refractivity contribution in [2.45, 2.75) is 12.5 Å². The van der Waals surface area contributed by atoms with Crippen LogP contribution in [0.2, 0.25) is 0 Å². The monoisotopic (exact) mass is 446 g/mol. The smallest absolute Gasteiger partial charge is 0.256 e. The molecule has 2 amide bonds. The SMILES string of the molecule is O=C(NCc1ccc2c(c1)OCO2)C1CN(C(=O)c2ccccc2F)CC1c1ccccc1. The highest BCUT2D eigenvalue weighted by molar-refractivity contribution is 5.95. The molecule has 7 heteroatoms. The number of hydrogen-bond donors (Lipinski definition) is 1. The third kappa shape index (κ3) is 4.26. The lowest BCUT2D eigenvalue weighted by molar-refractivity contribution is -0.125. The molecule has 2 aliphatic rings. The summed E-state index contributed by atoms with van der Waals surface area (Å²) < 4.78 is 25.0. The highest BCUT2D eigenvalue weighted by Gasteiger charge is 2.40. The molecular formula is C26H23FN2O4. The average Bonchev–Trinajstić information content (AvgIpc) is 3.50. The Balaban J connectivity index is 1.34. The Labute approximate surface area is 190 Å². The molecular weight excluding hydrogens is 423 g/mol. The van der Waals surface area contributed by atoms with Crippen molar-refractivity contribution < 1.29 is 23.5 Å². The molecule has 3 aromatic rings. The quantitative estimate of drug-likeness (QED) is 0.649. The van der Waals surface area contributed by atoms with Crippen LogP contribution in [0.3, 0.4) is 0 Å². The minimum absolute atomic E-state index is 0.0192. The van der Waals surface area contributed by atoms with Crippen LogP contribution in [-0.2, 0) is 11.3 Å². The highest BCUT2D eigenvalue weighted by atomic mass is 19.1. The molecule has 2 unspecified atom stereocenters. The first-order valence-corrected chi connectivity index (χ1v) is 10.8. The molecule has 0 saturated carbocycles. The lowest BCUT2D eigenvalue weighted by Gasteiger charge is -2.18. The van der Waals surface area contributed by atoms with Gasteiger partial charge in [-0.3, -0.25) is 9.59 Å². The number of fused-ring (bicyclic) bond motifs is 1. The average molecular weight is 446 g/mol. The van der Waals surface area contributed by atoms with E-state index in [0.29, 0.717) is 24.6 Å². The van der Waals surface area contributed by atoms with E-state index in [1.165, 1.54) is 12.1 Å².